The van der Waals surface area contributed by atoms with Gasteiger partial charge in [0.25, 0.3) is 0 Å². The van der Waals surface area contributed by atoms with E-state index in [0.717, 1.165) is 46.4 Å². The molecule has 0 spiro atoms. The van der Waals surface area contributed by atoms with Crippen molar-refractivity contribution in [2.45, 2.75) is 45.4 Å². The molecule has 4 aromatic rings. The van der Waals surface area contributed by atoms with Gasteiger partial charge < -0.3 is 14.1 Å². The van der Waals surface area contributed by atoms with Gasteiger partial charge in [0.15, 0.2) is 5.58 Å². The van der Waals surface area contributed by atoms with Gasteiger partial charge in [-0.3, -0.25) is 14.5 Å². The maximum atomic E-state index is 13.3. The Hall–Kier alpha value is -4.13. The van der Waals surface area contributed by atoms with Crippen LogP contribution in [0.2, 0.25) is 0 Å². The number of amides is 1. The second-order valence-corrected chi connectivity index (χ2v) is 9.81. The summed E-state index contributed by atoms with van der Waals surface area (Å²) < 4.78 is 11.3. The third-order valence-electron chi connectivity index (χ3n) is 7.23. The van der Waals surface area contributed by atoms with Gasteiger partial charge in [0.1, 0.15) is 5.52 Å². The molecule has 38 heavy (non-hydrogen) atoms. The van der Waals surface area contributed by atoms with E-state index >= 15 is 0 Å². The first-order valence-electron chi connectivity index (χ1n) is 13.2. The van der Waals surface area contributed by atoms with E-state index < -0.39 is 0 Å². The molecule has 7 heteroatoms. The number of benzene rings is 3. The number of esters is 1. The van der Waals surface area contributed by atoms with Gasteiger partial charge in [-0.2, -0.15) is 4.98 Å². The second-order valence-electron chi connectivity index (χ2n) is 9.81. The lowest BCUT2D eigenvalue weighted by atomic mass is 9.92. The maximum Gasteiger partial charge on any atom is 0.306 e. The van der Waals surface area contributed by atoms with Gasteiger partial charge in [0.05, 0.1) is 19.4 Å². The molecule has 1 fully saturated rings. The summed E-state index contributed by atoms with van der Waals surface area (Å²) in [4.78, 5) is 33.5. The Morgan fingerprint density at radius 3 is 2.63 bits per heavy atom. The molecule has 1 saturated heterocycles. The van der Waals surface area contributed by atoms with Crippen LogP contribution in [0.15, 0.2) is 71.1 Å². The van der Waals surface area contributed by atoms with Gasteiger partial charge in [-0.25, -0.2) is 0 Å². The van der Waals surface area contributed by atoms with Gasteiger partial charge in [0, 0.05) is 25.0 Å². The van der Waals surface area contributed by atoms with E-state index in [9.17, 15) is 9.59 Å². The number of nitrogens with zero attached hydrogens (tertiary/aromatic N) is 3. The molecule has 1 amide bonds. The fourth-order valence-corrected chi connectivity index (χ4v) is 5.11. The first-order chi connectivity index (χ1) is 18.4. The summed E-state index contributed by atoms with van der Waals surface area (Å²) in [7, 11) is 1.93. The van der Waals surface area contributed by atoms with E-state index in [1.54, 1.807) is 4.90 Å². The smallest absolute Gasteiger partial charge is 0.306 e. The number of carbonyl (C=O) groups excluding carboxylic acids is 2. The third-order valence-corrected chi connectivity index (χ3v) is 7.23. The summed E-state index contributed by atoms with van der Waals surface area (Å²) >= 11 is 0. The fraction of sp³-hybridized carbons (Fsp3) is 0.323. The van der Waals surface area contributed by atoms with Gasteiger partial charge in [0.2, 0.25) is 5.91 Å². The van der Waals surface area contributed by atoms with Crippen LogP contribution < -0.4 is 9.80 Å². The highest BCUT2D eigenvalue weighted by atomic mass is 16.5. The Labute approximate surface area is 223 Å². The Morgan fingerprint density at radius 1 is 1.08 bits per heavy atom. The van der Waals surface area contributed by atoms with E-state index in [1.807, 2.05) is 79.5 Å². The van der Waals surface area contributed by atoms with E-state index in [4.69, 9.17) is 9.15 Å². The van der Waals surface area contributed by atoms with E-state index in [0.29, 0.717) is 31.2 Å². The van der Waals surface area contributed by atoms with Crippen molar-refractivity contribution in [3.63, 3.8) is 0 Å². The molecule has 1 aliphatic heterocycles. The van der Waals surface area contributed by atoms with Crippen molar-refractivity contribution in [2.75, 3.05) is 30.0 Å². The number of rotatable bonds is 7. The number of fused-ring (bicyclic) bond motifs is 1. The van der Waals surface area contributed by atoms with Crippen LogP contribution in [0.3, 0.4) is 0 Å². The average molecular weight is 512 g/mol. The number of hydrogen-bond donors (Lipinski definition) is 0. The number of cyclic esters (lactones) is 1. The predicted octanol–water partition coefficient (Wildman–Crippen LogP) is 6.31. The van der Waals surface area contributed by atoms with Gasteiger partial charge in [-0.15, -0.1) is 0 Å². The molecule has 2 heterocycles. The highest BCUT2D eigenvalue weighted by molar-refractivity contribution is 5.95. The lowest BCUT2D eigenvalue weighted by Gasteiger charge is -2.22. The highest BCUT2D eigenvalue weighted by Crippen LogP contribution is 2.31. The summed E-state index contributed by atoms with van der Waals surface area (Å²) in [5, 5.41) is 0. The number of oxazole rings is 1. The molecule has 0 saturated carbocycles. The number of likely N-dealkylation sites (N-methyl/N-ethyl adjacent to an activating group) is 1. The fourth-order valence-electron chi connectivity index (χ4n) is 5.11. The number of ether oxygens (including phenoxy) is 1. The second kappa shape index (κ2) is 11.1. The molecule has 0 N–H and O–H groups in total. The van der Waals surface area contributed by atoms with Crippen LogP contribution in [0, 0.1) is 6.92 Å². The lowest BCUT2D eigenvalue weighted by Crippen LogP contribution is -2.32. The standard InChI is InChI=1S/C31H33N3O4/c1-4-34(25-14-12-23(13-15-25)24-9-7-17-37-30(36)20-24)29(35)19-22-11-16-26-28(18-22)38-31(32-26)33(3)27-10-6-5-8-21(27)2/h5-6,8,10-16,18,24H,4,7,9,17,19-20H2,1-3H3. The van der Waals surface area contributed by atoms with E-state index in [-0.39, 0.29) is 24.2 Å². The zero-order chi connectivity index (χ0) is 26.6. The van der Waals surface area contributed by atoms with E-state index in [1.165, 1.54) is 0 Å². The predicted molar refractivity (Wildman–Crippen MR) is 149 cm³/mol. The topological polar surface area (TPSA) is 75.9 Å². The lowest BCUT2D eigenvalue weighted by molar-refractivity contribution is -0.142. The van der Waals surface area contributed by atoms with Crippen molar-refractivity contribution in [1.29, 1.82) is 0 Å². The first-order valence-corrected chi connectivity index (χ1v) is 13.2. The van der Waals surface area contributed by atoms with Crippen molar-refractivity contribution in [2.24, 2.45) is 0 Å². The van der Waals surface area contributed by atoms with Gasteiger partial charge in [-0.1, -0.05) is 36.4 Å². The van der Waals surface area contributed by atoms with Crippen molar-refractivity contribution in [3.05, 3.63) is 83.4 Å². The molecule has 1 aliphatic rings. The van der Waals surface area contributed by atoms with Gasteiger partial charge in [-0.05, 0) is 79.6 Å². The van der Waals surface area contributed by atoms with Gasteiger partial charge >= 0.3 is 12.0 Å². The van der Waals surface area contributed by atoms with Crippen LogP contribution in [0.25, 0.3) is 11.1 Å². The summed E-state index contributed by atoms with van der Waals surface area (Å²) in [6, 6.07) is 22.3. The Balaban J connectivity index is 1.30. The highest BCUT2D eigenvalue weighted by Gasteiger charge is 2.22. The number of para-hydroxylation sites is 1. The molecule has 0 bridgehead atoms. The zero-order valence-corrected chi connectivity index (χ0v) is 22.1. The Bertz CT molecular complexity index is 1440. The molecular formula is C31H33N3O4. The third kappa shape index (κ3) is 5.42. The van der Waals surface area contributed by atoms with Crippen LogP contribution in [0.4, 0.5) is 17.4 Å². The quantitative estimate of drug-likeness (QED) is 0.271. The van der Waals surface area contributed by atoms with Crippen LogP contribution in [0.5, 0.6) is 0 Å². The minimum Gasteiger partial charge on any atom is -0.466 e. The summed E-state index contributed by atoms with van der Waals surface area (Å²) in [5.74, 6) is 0.0298. The van der Waals surface area contributed by atoms with Crippen molar-refractivity contribution < 1.29 is 18.7 Å². The molecule has 3 aromatic carbocycles. The molecule has 1 unspecified atom stereocenters. The average Bonchev–Trinajstić information content (AvgIpc) is 3.22. The summed E-state index contributed by atoms with van der Waals surface area (Å²) in [6.07, 6.45) is 2.46. The molecular weight excluding hydrogens is 478 g/mol. The monoisotopic (exact) mass is 511 g/mol. The number of aromatic nitrogens is 1. The Morgan fingerprint density at radius 2 is 1.87 bits per heavy atom. The maximum absolute atomic E-state index is 13.3. The molecule has 1 aromatic heterocycles. The van der Waals surface area contributed by atoms with E-state index in [2.05, 4.69) is 18.0 Å². The molecule has 5 rings (SSSR count). The minimum atomic E-state index is -0.139. The van der Waals surface area contributed by atoms with Crippen molar-refractivity contribution in [1.82, 2.24) is 4.98 Å². The van der Waals surface area contributed by atoms with Crippen LogP contribution in [-0.4, -0.2) is 37.1 Å². The van der Waals surface area contributed by atoms with Crippen LogP contribution in [-0.2, 0) is 20.7 Å². The zero-order valence-electron chi connectivity index (χ0n) is 22.1. The van der Waals surface area contributed by atoms with Crippen LogP contribution >= 0.6 is 0 Å². The SMILES string of the molecule is CCN(C(=O)Cc1ccc2nc(N(C)c3ccccc3C)oc2c1)c1ccc(C2CCCOC(=O)C2)cc1. The largest absolute Gasteiger partial charge is 0.466 e. The van der Waals surface area contributed by atoms with Crippen molar-refractivity contribution >= 4 is 40.4 Å². The summed E-state index contributed by atoms with van der Waals surface area (Å²) in [6.45, 7) is 5.08. The van der Waals surface area contributed by atoms with Crippen LogP contribution in [0.1, 0.15) is 48.8 Å². The number of hydrogen-bond acceptors (Lipinski definition) is 6. The molecule has 7 nitrogen and oxygen atoms in total. The Kier molecular flexibility index (Phi) is 7.45. The molecule has 0 aliphatic carbocycles. The number of carbonyl (C=O) groups is 2. The number of anilines is 3. The number of aryl methyl sites for hydroxylation is 1. The molecule has 196 valence electrons. The first kappa shape index (κ1) is 25.5. The minimum absolute atomic E-state index is 0.00871. The molecule has 0 radical (unpaired) electrons. The van der Waals surface area contributed by atoms with Crippen molar-refractivity contribution in [3.8, 4) is 0 Å². The normalized spacial score (nSPS) is 15.7. The molecule has 1 atom stereocenters. The summed E-state index contributed by atoms with van der Waals surface area (Å²) in [5.41, 5.74) is 6.39.